The molecule has 0 saturated carbocycles. The summed E-state index contributed by atoms with van der Waals surface area (Å²) in [5.74, 6) is 0.464. The van der Waals surface area contributed by atoms with Crippen molar-refractivity contribution in [1.82, 2.24) is 20.5 Å². The van der Waals surface area contributed by atoms with Crippen LogP contribution in [0.2, 0.25) is 0 Å². The molecular formula is C39H58N4O7S. The lowest BCUT2D eigenvalue weighted by atomic mass is 9.88. The summed E-state index contributed by atoms with van der Waals surface area (Å²) < 4.78 is 15.2. The average molecular weight is 727 g/mol. The first-order chi connectivity index (χ1) is 24.5. The van der Waals surface area contributed by atoms with Crippen molar-refractivity contribution in [2.45, 2.75) is 78.4 Å². The molecule has 2 atom stereocenters. The van der Waals surface area contributed by atoms with Gasteiger partial charge in [-0.15, -0.1) is 11.3 Å². The second-order valence-electron chi connectivity index (χ2n) is 13.1. The van der Waals surface area contributed by atoms with E-state index in [-0.39, 0.29) is 17.9 Å². The highest BCUT2D eigenvalue weighted by Gasteiger charge is 2.25. The Morgan fingerprint density at radius 1 is 1.02 bits per heavy atom. The smallest absolute Gasteiger partial charge is 0.246 e. The van der Waals surface area contributed by atoms with Crippen LogP contribution in [0.15, 0.2) is 60.2 Å². The van der Waals surface area contributed by atoms with Crippen molar-refractivity contribution < 1.29 is 33.4 Å². The number of aldehydes is 2. The lowest BCUT2D eigenvalue weighted by molar-refractivity contribution is -0.129. The number of likely N-dealkylation sites (tertiary alicyclic amines) is 1. The molecule has 0 radical (unpaired) electrons. The molecule has 0 spiro atoms. The van der Waals surface area contributed by atoms with Gasteiger partial charge in [-0.05, 0) is 93.4 Å². The monoisotopic (exact) mass is 726 g/mol. The third-order valence-electron chi connectivity index (χ3n) is 7.78. The molecule has 1 aliphatic rings. The predicted octanol–water partition coefficient (Wildman–Crippen LogP) is 6.21. The van der Waals surface area contributed by atoms with Crippen molar-refractivity contribution in [1.29, 1.82) is 0 Å². The van der Waals surface area contributed by atoms with Crippen LogP contribution in [0.3, 0.4) is 0 Å². The maximum absolute atomic E-state index is 11.8. The summed E-state index contributed by atoms with van der Waals surface area (Å²) >= 11 is 1.62. The molecule has 2 amide bonds. The number of methoxy groups -OCH3 is 1. The molecular weight excluding hydrogens is 669 g/mol. The number of unbranched alkanes of at least 4 members (excludes halogenated alkanes) is 2. The van der Waals surface area contributed by atoms with Crippen LogP contribution >= 0.6 is 11.3 Å². The fourth-order valence-electron chi connectivity index (χ4n) is 4.53. The molecule has 1 aromatic heterocycles. The number of ether oxygens (including phenoxy) is 3. The molecule has 4 rings (SSSR count). The van der Waals surface area contributed by atoms with Gasteiger partial charge in [0.25, 0.3) is 0 Å². The number of nitrogens with one attached hydrogen (secondary N) is 2. The van der Waals surface area contributed by atoms with Crippen LogP contribution in [0, 0.1) is 5.41 Å². The molecule has 3 aromatic rings. The van der Waals surface area contributed by atoms with Gasteiger partial charge in [-0.25, -0.2) is 0 Å². The van der Waals surface area contributed by atoms with Crippen LogP contribution in [0.4, 0.5) is 0 Å². The zero-order valence-electron chi connectivity index (χ0n) is 31.4. The summed E-state index contributed by atoms with van der Waals surface area (Å²) in [7, 11) is 5.44. The number of benzene rings is 2. The SMILES string of the molecule is CC(C)(C)C(C=O)NC(=O)COCCCCCOc1ccc(C=O)cc1.CC1CCCN1C.COC.O=CNCc1ccc(-c2cncs2)cc1. The number of amides is 2. The van der Waals surface area contributed by atoms with Crippen molar-refractivity contribution in [3.05, 3.63) is 71.4 Å². The van der Waals surface area contributed by atoms with E-state index in [2.05, 4.69) is 39.2 Å². The van der Waals surface area contributed by atoms with Crippen molar-refractivity contribution in [2.75, 3.05) is 47.6 Å². The number of hydrogen-bond donors (Lipinski definition) is 2. The first-order valence-electron chi connectivity index (χ1n) is 17.2. The standard InChI is InChI=1S/C20H29NO5.C11H10N2OS.C6H13N.C2H6O/c1-20(2,3)18(14-23)21-19(24)15-25-11-5-4-6-12-26-17-9-7-16(13-22)8-10-17;14-7-12-5-9-1-3-10(4-2-9)11-6-13-8-15-11;1-6-4-3-5-7(6)2;1-3-2/h7-10,13-14,18H,4-6,11-12,15H2,1-3H3,(H,21,24);1-4,6-8H,5H2,(H,12,14);6H,3-5H2,1-2H3;1-2H3. The third kappa shape index (κ3) is 20.5. The van der Waals surface area contributed by atoms with E-state index < -0.39 is 6.04 Å². The van der Waals surface area contributed by atoms with Gasteiger partial charge in [0, 0.05) is 45.2 Å². The van der Waals surface area contributed by atoms with Crippen LogP contribution < -0.4 is 15.4 Å². The minimum Gasteiger partial charge on any atom is -0.494 e. The van der Waals surface area contributed by atoms with Crippen LogP contribution in [0.1, 0.15) is 75.7 Å². The summed E-state index contributed by atoms with van der Waals surface area (Å²) in [6, 6.07) is 15.4. The van der Waals surface area contributed by atoms with Gasteiger partial charge < -0.3 is 34.5 Å². The Labute approximate surface area is 308 Å². The van der Waals surface area contributed by atoms with Gasteiger partial charge in [-0.1, -0.05) is 45.0 Å². The maximum atomic E-state index is 11.8. The number of thiazole rings is 1. The fraction of sp³-hybridized carbons (Fsp3) is 0.513. The Balaban J connectivity index is 0.000000430. The zero-order valence-corrected chi connectivity index (χ0v) is 32.2. The molecule has 1 saturated heterocycles. The van der Waals surface area contributed by atoms with Crippen LogP contribution in [0.25, 0.3) is 10.4 Å². The van der Waals surface area contributed by atoms with Gasteiger partial charge in [0.2, 0.25) is 12.3 Å². The Kier molecular flexibility index (Phi) is 23.7. The highest BCUT2D eigenvalue weighted by atomic mass is 32.1. The summed E-state index contributed by atoms with van der Waals surface area (Å²) in [6.45, 7) is 10.9. The predicted molar refractivity (Wildman–Crippen MR) is 204 cm³/mol. The molecule has 1 aliphatic heterocycles. The number of hydrogen-bond acceptors (Lipinski definition) is 10. The summed E-state index contributed by atoms with van der Waals surface area (Å²) in [4.78, 5) is 51.0. The third-order valence-corrected chi connectivity index (χ3v) is 8.60. The highest BCUT2D eigenvalue weighted by Crippen LogP contribution is 2.23. The average Bonchev–Trinajstić information content (AvgIpc) is 3.80. The second-order valence-corrected chi connectivity index (χ2v) is 14.0. The van der Waals surface area contributed by atoms with E-state index >= 15 is 0 Å². The number of nitrogens with zero attached hydrogens (tertiary/aromatic N) is 2. The number of carbonyl (C=O) groups is 4. The Morgan fingerprint density at radius 3 is 2.18 bits per heavy atom. The summed E-state index contributed by atoms with van der Waals surface area (Å²) in [5.41, 5.74) is 4.38. The lowest BCUT2D eigenvalue weighted by Gasteiger charge is -2.26. The minimum atomic E-state index is -0.517. The minimum absolute atomic E-state index is 0.0417. The molecule has 2 aromatic carbocycles. The van der Waals surface area contributed by atoms with Crippen molar-refractivity contribution in [2.24, 2.45) is 5.41 Å². The Hall–Kier alpha value is -3.97. The summed E-state index contributed by atoms with van der Waals surface area (Å²) in [5, 5.41) is 5.30. The van der Waals surface area contributed by atoms with Gasteiger partial charge >= 0.3 is 0 Å². The van der Waals surface area contributed by atoms with Crippen molar-refractivity contribution >= 4 is 36.2 Å². The molecule has 2 N–H and O–H groups in total. The number of aromatic nitrogens is 1. The van der Waals surface area contributed by atoms with Gasteiger partial charge in [0.1, 0.15) is 24.9 Å². The molecule has 0 aliphatic carbocycles. The number of carbonyl (C=O) groups excluding carboxylic acids is 4. The van der Waals surface area contributed by atoms with E-state index in [0.29, 0.717) is 31.7 Å². The van der Waals surface area contributed by atoms with E-state index in [1.54, 1.807) is 49.8 Å². The molecule has 2 heterocycles. The first-order valence-corrected chi connectivity index (χ1v) is 18.1. The molecule has 1 fully saturated rings. The van der Waals surface area contributed by atoms with E-state index in [4.69, 9.17) is 9.47 Å². The molecule has 282 valence electrons. The molecule has 12 heteroatoms. The fourth-order valence-corrected chi connectivity index (χ4v) is 5.16. The quantitative estimate of drug-likeness (QED) is 0.130. The van der Waals surface area contributed by atoms with Crippen LogP contribution in [-0.2, 0) is 30.4 Å². The van der Waals surface area contributed by atoms with E-state index in [0.717, 1.165) is 59.6 Å². The van der Waals surface area contributed by atoms with E-state index in [1.165, 1.54) is 19.4 Å². The molecule has 51 heavy (non-hydrogen) atoms. The van der Waals surface area contributed by atoms with E-state index in [9.17, 15) is 19.2 Å². The van der Waals surface area contributed by atoms with Gasteiger partial charge in [0.15, 0.2) is 0 Å². The lowest BCUT2D eigenvalue weighted by Crippen LogP contribution is -2.46. The molecule has 2 unspecified atom stereocenters. The number of rotatable bonds is 16. The van der Waals surface area contributed by atoms with E-state index in [1.807, 2.05) is 56.7 Å². The Bertz CT molecular complexity index is 1340. The van der Waals surface area contributed by atoms with Gasteiger partial charge in [0.05, 0.1) is 23.0 Å². The first kappa shape index (κ1) is 45.1. The summed E-state index contributed by atoms with van der Waals surface area (Å²) in [6.07, 6.45) is 9.54. The normalized spacial score (nSPS) is 14.2. The van der Waals surface area contributed by atoms with Crippen molar-refractivity contribution in [3.8, 4) is 16.2 Å². The van der Waals surface area contributed by atoms with Crippen molar-refractivity contribution in [3.63, 3.8) is 0 Å². The van der Waals surface area contributed by atoms with Crippen LogP contribution in [-0.4, -0.2) is 94.5 Å². The molecule has 11 nitrogen and oxygen atoms in total. The van der Waals surface area contributed by atoms with Crippen LogP contribution in [0.5, 0.6) is 5.75 Å². The highest BCUT2D eigenvalue weighted by molar-refractivity contribution is 7.13. The van der Waals surface area contributed by atoms with Gasteiger partial charge in [-0.2, -0.15) is 0 Å². The zero-order chi connectivity index (χ0) is 37.9. The largest absolute Gasteiger partial charge is 0.494 e. The molecule has 0 bridgehead atoms. The van der Waals surface area contributed by atoms with Gasteiger partial charge in [-0.3, -0.25) is 19.4 Å². The maximum Gasteiger partial charge on any atom is 0.246 e. The Morgan fingerprint density at radius 2 is 1.69 bits per heavy atom. The topological polar surface area (TPSA) is 136 Å². The second kappa shape index (κ2) is 26.8.